The summed E-state index contributed by atoms with van der Waals surface area (Å²) < 4.78 is 7.27. The molecule has 0 spiro atoms. The summed E-state index contributed by atoms with van der Waals surface area (Å²) >= 11 is 0. The second kappa shape index (κ2) is 9.19. The van der Waals surface area contributed by atoms with E-state index in [2.05, 4.69) is 28.4 Å². The largest absolute Gasteiger partial charge is 0.493 e. The summed E-state index contributed by atoms with van der Waals surface area (Å²) in [5.74, 6) is 0.0136. The number of hydrogen-bond donors (Lipinski definition) is 1. The van der Waals surface area contributed by atoms with E-state index in [1.54, 1.807) is 16.7 Å². The third-order valence-electron chi connectivity index (χ3n) is 5.77. The molecule has 0 atom stereocenters. The molecule has 1 heterocycles. The van der Waals surface area contributed by atoms with Gasteiger partial charge in [-0.2, -0.15) is 0 Å². The lowest BCUT2D eigenvalue weighted by Crippen LogP contribution is -2.07. The van der Waals surface area contributed by atoms with E-state index in [9.17, 15) is 9.90 Å². The van der Waals surface area contributed by atoms with Gasteiger partial charge in [0.2, 0.25) is 5.88 Å². The molecule has 4 aromatic carbocycles. The van der Waals surface area contributed by atoms with Crippen LogP contribution in [0.3, 0.4) is 0 Å². The lowest BCUT2D eigenvalue weighted by Gasteiger charge is -2.10. The van der Waals surface area contributed by atoms with E-state index in [-0.39, 0.29) is 18.2 Å². The van der Waals surface area contributed by atoms with Crippen LogP contribution >= 0.6 is 0 Å². The second-order valence-corrected chi connectivity index (χ2v) is 8.11. The van der Waals surface area contributed by atoms with Gasteiger partial charge in [0.15, 0.2) is 12.3 Å². The molecule has 5 rings (SSSR count). The van der Waals surface area contributed by atoms with E-state index < -0.39 is 5.91 Å². The van der Waals surface area contributed by atoms with Gasteiger partial charge in [-0.05, 0) is 41.5 Å². The molecule has 6 nitrogen and oxygen atoms in total. The molecule has 0 aliphatic rings. The maximum atomic E-state index is 12.3. The molecule has 0 radical (unpaired) electrons. The van der Waals surface area contributed by atoms with Crippen molar-refractivity contribution in [2.75, 3.05) is 6.61 Å². The summed E-state index contributed by atoms with van der Waals surface area (Å²) in [5.41, 5.74) is 3.25. The van der Waals surface area contributed by atoms with Crippen LogP contribution < -0.4 is 4.74 Å². The molecule has 0 aliphatic carbocycles. The molecular formula is C28H23N3O3. The minimum atomic E-state index is -0.536. The molecule has 34 heavy (non-hydrogen) atoms. The number of rotatable bonds is 6. The van der Waals surface area contributed by atoms with Gasteiger partial charge in [-0.15, -0.1) is 10.2 Å². The monoisotopic (exact) mass is 449 g/mol. The molecule has 0 saturated heterocycles. The van der Waals surface area contributed by atoms with Gasteiger partial charge < -0.3 is 14.4 Å². The first-order valence-corrected chi connectivity index (χ1v) is 11.0. The van der Waals surface area contributed by atoms with E-state index in [1.165, 1.54) is 0 Å². The van der Waals surface area contributed by atoms with Gasteiger partial charge in [-0.1, -0.05) is 78.4 Å². The third kappa shape index (κ3) is 4.26. The second-order valence-electron chi connectivity index (χ2n) is 8.11. The summed E-state index contributed by atoms with van der Waals surface area (Å²) in [4.78, 5) is 12.3. The van der Waals surface area contributed by atoms with Crippen LogP contribution in [-0.4, -0.2) is 22.2 Å². The van der Waals surface area contributed by atoms with Crippen molar-refractivity contribution >= 4 is 33.3 Å². The van der Waals surface area contributed by atoms with Gasteiger partial charge >= 0.3 is 5.91 Å². The predicted octanol–water partition coefficient (Wildman–Crippen LogP) is 6.55. The van der Waals surface area contributed by atoms with Crippen molar-refractivity contribution in [1.82, 2.24) is 4.57 Å². The average Bonchev–Trinajstić information content (AvgIpc) is 3.13. The van der Waals surface area contributed by atoms with Crippen LogP contribution in [0.1, 0.15) is 11.1 Å². The Bertz CT molecular complexity index is 1510. The number of benzene rings is 4. The molecule has 0 bridgehead atoms. The number of azo groups is 1. The number of para-hydroxylation sites is 1. The smallest absolute Gasteiger partial charge is 0.302 e. The fourth-order valence-electron chi connectivity index (χ4n) is 4.05. The van der Waals surface area contributed by atoms with Crippen LogP contribution in [0, 0.1) is 6.92 Å². The van der Waals surface area contributed by atoms with Crippen molar-refractivity contribution < 1.29 is 14.6 Å². The molecule has 0 saturated carbocycles. The zero-order valence-corrected chi connectivity index (χ0v) is 18.7. The fourth-order valence-corrected chi connectivity index (χ4v) is 4.05. The highest BCUT2D eigenvalue weighted by molar-refractivity contribution is 5.95. The van der Waals surface area contributed by atoms with Crippen molar-refractivity contribution in [3.05, 3.63) is 102 Å². The number of fused-ring (bicyclic) bond motifs is 2. The molecule has 5 aromatic rings. The summed E-state index contributed by atoms with van der Waals surface area (Å²) in [6.45, 7) is 2.20. The number of aromatic nitrogens is 1. The Morgan fingerprint density at radius 1 is 0.882 bits per heavy atom. The summed E-state index contributed by atoms with van der Waals surface area (Å²) in [5, 5.41) is 21.9. The number of amides is 1. The standard InChI is InChI=1S/C28H23N3O3/c1-19-13-15-22(16-14-19)34-18-26(32)29-30-27-24-11-4-5-12-25(24)31(28(27)33)17-21-9-6-8-20-7-2-3-10-23(20)21/h2-16,33H,17-18H2,1H3. The first kappa shape index (κ1) is 21.4. The van der Waals surface area contributed by atoms with E-state index in [0.717, 1.165) is 32.8 Å². The van der Waals surface area contributed by atoms with Crippen molar-refractivity contribution in [3.8, 4) is 11.6 Å². The SMILES string of the molecule is Cc1ccc(OCC(=O)N=Nc2c(O)n(Cc3cccc4ccccc34)c3ccccc23)cc1. The third-order valence-corrected chi connectivity index (χ3v) is 5.77. The molecular weight excluding hydrogens is 426 g/mol. The van der Waals surface area contributed by atoms with E-state index in [0.29, 0.717) is 12.3 Å². The molecule has 1 N–H and O–H groups in total. The van der Waals surface area contributed by atoms with Crippen molar-refractivity contribution in [3.63, 3.8) is 0 Å². The van der Waals surface area contributed by atoms with Gasteiger partial charge in [0.1, 0.15) is 5.75 Å². The van der Waals surface area contributed by atoms with Gasteiger partial charge in [0.05, 0.1) is 12.1 Å². The summed E-state index contributed by atoms with van der Waals surface area (Å²) in [6, 6.07) is 29.2. The van der Waals surface area contributed by atoms with Crippen molar-refractivity contribution in [2.45, 2.75) is 13.5 Å². The Balaban J connectivity index is 1.43. The first-order valence-electron chi connectivity index (χ1n) is 11.0. The molecule has 6 heteroatoms. The highest BCUT2D eigenvalue weighted by atomic mass is 16.5. The van der Waals surface area contributed by atoms with Crippen LogP contribution in [-0.2, 0) is 11.3 Å². The Kier molecular flexibility index (Phi) is 5.79. The van der Waals surface area contributed by atoms with Gasteiger partial charge in [-0.3, -0.25) is 4.79 Å². The number of aromatic hydroxyl groups is 1. The average molecular weight is 450 g/mol. The van der Waals surface area contributed by atoms with Crippen LogP contribution in [0.2, 0.25) is 0 Å². The fraction of sp³-hybridized carbons (Fsp3) is 0.107. The molecule has 1 aromatic heterocycles. The number of aryl methyl sites for hydroxylation is 1. The van der Waals surface area contributed by atoms with Crippen LogP contribution in [0.4, 0.5) is 5.69 Å². The van der Waals surface area contributed by atoms with Gasteiger partial charge in [0, 0.05) is 5.39 Å². The molecule has 0 aliphatic heterocycles. The lowest BCUT2D eigenvalue weighted by molar-refractivity contribution is -0.120. The van der Waals surface area contributed by atoms with E-state index in [1.807, 2.05) is 67.6 Å². The molecule has 168 valence electrons. The number of nitrogens with zero attached hydrogens (tertiary/aromatic N) is 3. The summed E-state index contributed by atoms with van der Waals surface area (Å²) in [6.07, 6.45) is 0. The van der Waals surface area contributed by atoms with Crippen LogP contribution in [0.15, 0.2) is 101 Å². The number of hydrogen-bond acceptors (Lipinski definition) is 4. The topological polar surface area (TPSA) is 76.2 Å². The number of carbonyl (C=O) groups excluding carboxylic acids is 1. The zero-order valence-electron chi connectivity index (χ0n) is 18.7. The summed E-state index contributed by atoms with van der Waals surface area (Å²) in [7, 11) is 0. The highest BCUT2D eigenvalue weighted by Crippen LogP contribution is 2.39. The van der Waals surface area contributed by atoms with Crippen LogP contribution in [0.25, 0.3) is 21.7 Å². The van der Waals surface area contributed by atoms with Crippen molar-refractivity contribution in [2.24, 2.45) is 10.2 Å². The highest BCUT2D eigenvalue weighted by Gasteiger charge is 2.17. The van der Waals surface area contributed by atoms with Gasteiger partial charge in [-0.25, -0.2) is 0 Å². The Hall–Kier alpha value is -4.45. The van der Waals surface area contributed by atoms with Crippen LogP contribution in [0.5, 0.6) is 11.6 Å². The number of ether oxygens (including phenoxy) is 1. The first-order chi connectivity index (χ1) is 16.6. The molecule has 0 fully saturated rings. The van der Waals surface area contributed by atoms with Gasteiger partial charge in [0.25, 0.3) is 0 Å². The predicted molar refractivity (Wildman–Crippen MR) is 133 cm³/mol. The zero-order chi connectivity index (χ0) is 23.5. The van der Waals surface area contributed by atoms with E-state index in [4.69, 9.17) is 4.74 Å². The Morgan fingerprint density at radius 2 is 1.59 bits per heavy atom. The number of carbonyl (C=O) groups is 1. The molecule has 1 amide bonds. The minimum absolute atomic E-state index is 0.0369. The molecule has 0 unspecified atom stereocenters. The normalized spacial score (nSPS) is 11.4. The quantitative estimate of drug-likeness (QED) is 0.299. The maximum Gasteiger partial charge on any atom is 0.302 e. The Labute approximate surface area is 196 Å². The van der Waals surface area contributed by atoms with Crippen molar-refractivity contribution in [1.29, 1.82) is 0 Å². The van der Waals surface area contributed by atoms with E-state index >= 15 is 0 Å². The maximum absolute atomic E-state index is 12.3. The lowest BCUT2D eigenvalue weighted by atomic mass is 10.0. The Morgan fingerprint density at radius 3 is 2.41 bits per heavy atom. The minimum Gasteiger partial charge on any atom is -0.493 e.